The Labute approximate surface area is 185 Å². The standard InChI is InChI=1S/C23H15AsFN4S/c24-29-11-10-26-13-18(29)21(14-3-1-4-14)28-23(29)16-8-6-15-7-9-17(19-5-2-12-30-19)27-22(15)20(16)25/h1-13H,24H2/q+1. The molecule has 3 aliphatic rings. The van der Waals surface area contributed by atoms with Gasteiger partial charge in [-0.15, -0.1) is 0 Å². The van der Waals surface area contributed by atoms with Crippen LogP contribution in [0.15, 0.2) is 99.4 Å². The van der Waals surface area contributed by atoms with Crippen LogP contribution < -0.4 is 0 Å². The van der Waals surface area contributed by atoms with E-state index in [2.05, 4.69) is 9.98 Å². The molecule has 2 aromatic heterocycles. The summed E-state index contributed by atoms with van der Waals surface area (Å²) in [6, 6.07) is 11.6. The normalized spacial score (nSPS) is 21.7. The molecule has 2 atom stereocenters. The molecule has 6 rings (SSSR count). The van der Waals surface area contributed by atoms with Gasteiger partial charge in [0.15, 0.2) is 0 Å². The second-order valence-electron chi connectivity index (χ2n) is 7.18. The van der Waals surface area contributed by atoms with Crippen LogP contribution in [0.3, 0.4) is 0 Å². The second kappa shape index (κ2) is 6.54. The van der Waals surface area contributed by atoms with Crippen LogP contribution in [0.1, 0.15) is 5.56 Å². The Balaban J connectivity index is 1.54. The molecule has 30 heavy (non-hydrogen) atoms. The molecule has 4 nitrogen and oxygen atoms in total. The molecule has 2 aliphatic heterocycles. The molecule has 1 aliphatic carbocycles. The topological polar surface area (TPSA) is 37.6 Å². The number of fused-ring (bicyclic) bond motifs is 2. The summed E-state index contributed by atoms with van der Waals surface area (Å²) in [7, 11) is 0. The van der Waals surface area contributed by atoms with Crippen LogP contribution in [0.4, 0.5) is 4.39 Å². The number of quaternary nitrogens is 1. The summed E-state index contributed by atoms with van der Waals surface area (Å²) >= 11 is 3.01. The molecule has 1 aromatic carbocycles. The number of hydrogen-bond acceptors (Lipinski definition) is 4. The molecule has 0 fully saturated rings. The Morgan fingerprint density at radius 1 is 1.10 bits per heavy atom. The van der Waals surface area contributed by atoms with E-state index in [0.29, 0.717) is 20.3 Å². The Hall–Kier alpha value is -2.92. The van der Waals surface area contributed by atoms with Crippen molar-refractivity contribution in [2.24, 2.45) is 9.98 Å². The summed E-state index contributed by atoms with van der Waals surface area (Å²) in [6.07, 6.45) is 11.6. The summed E-state index contributed by atoms with van der Waals surface area (Å²) in [5.74, 6) is 0.320. The number of aliphatic imine (C=N–C) groups is 2. The third kappa shape index (κ3) is 2.51. The van der Waals surface area contributed by atoms with Gasteiger partial charge in [-0.2, -0.15) is 0 Å². The molecule has 3 aromatic rings. The third-order valence-corrected chi connectivity index (χ3v) is 7.78. The van der Waals surface area contributed by atoms with Crippen LogP contribution >= 0.6 is 11.3 Å². The minimum absolute atomic E-state index is 0.337. The number of hydrogen-bond donors (Lipinski definition) is 0. The maximum absolute atomic E-state index is 15.8. The first-order valence-corrected chi connectivity index (χ1v) is 11.4. The van der Waals surface area contributed by atoms with Crippen molar-refractivity contribution >= 4 is 51.4 Å². The number of pyridine rings is 1. The van der Waals surface area contributed by atoms with E-state index in [1.807, 2.05) is 72.4 Å². The molecule has 2 unspecified atom stereocenters. The Morgan fingerprint density at radius 3 is 2.73 bits per heavy atom. The fourth-order valence-electron chi connectivity index (χ4n) is 3.81. The molecular weight excluding hydrogens is 458 g/mol. The quantitative estimate of drug-likeness (QED) is 0.517. The van der Waals surface area contributed by atoms with Crippen LogP contribution in [0.25, 0.3) is 21.5 Å². The summed E-state index contributed by atoms with van der Waals surface area (Å²) in [4.78, 5) is 14.9. The van der Waals surface area contributed by atoms with Crippen LogP contribution in [-0.2, 0) is 0 Å². The van der Waals surface area contributed by atoms with Gasteiger partial charge in [0.05, 0.1) is 0 Å². The van der Waals surface area contributed by atoms with Gasteiger partial charge < -0.3 is 0 Å². The SMILES string of the molecule is Fc1c(C2=NC(C3=CC=C3)=C3C=NC=C[N+]23[AsH2])ccc2ccc(-c3cccs3)nc12. The molecule has 0 radical (unpaired) electrons. The molecule has 0 spiro atoms. The van der Waals surface area contributed by atoms with Gasteiger partial charge in [0, 0.05) is 0 Å². The van der Waals surface area contributed by atoms with Crippen molar-refractivity contribution in [1.82, 2.24) is 4.98 Å². The first kappa shape index (κ1) is 17.9. The zero-order valence-electron chi connectivity index (χ0n) is 15.7. The second-order valence-corrected chi connectivity index (χ2v) is 9.83. The molecule has 0 N–H and O–H groups in total. The van der Waals surface area contributed by atoms with Gasteiger partial charge in [-0.05, 0) is 0 Å². The van der Waals surface area contributed by atoms with E-state index in [-0.39, 0.29) is 5.82 Å². The van der Waals surface area contributed by atoms with Gasteiger partial charge in [-0.1, -0.05) is 0 Å². The number of halogens is 1. The minimum atomic E-state index is -0.338. The van der Waals surface area contributed by atoms with Crippen molar-refractivity contribution in [3.63, 3.8) is 0 Å². The van der Waals surface area contributed by atoms with Crippen molar-refractivity contribution in [3.05, 3.63) is 101 Å². The van der Waals surface area contributed by atoms with E-state index >= 15 is 4.39 Å². The molecule has 0 amide bonds. The number of benzene rings is 1. The van der Waals surface area contributed by atoms with E-state index in [0.717, 1.165) is 32.9 Å². The predicted molar refractivity (Wildman–Crippen MR) is 122 cm³/mol. The van der Waals surface area contributed by atoms with Crippen LogP contribution in [0, 0.1) is 5.82 Å². The Morgan fingerprint density at radius 2 is 1.97 bits per heavy atom. The first-order chi connectivity index (χ1) is 14.6. The molecule has 4 heterocycles. The third-order valence-electron chi connectivity index (χ3n) is 5.43. The van der Waals surface area contributed by atoms with Crippen LogP contribution in [-0.4, -0.2) is 37.5 Å². The number of rotatable bonds is 3. The number of nitrogens with zero attached hydrogens (tertiary/aromatic N) is 4. The van der Waals surface area contributed by atoms with Crippen molar-refractivity contribution in [1.29, 1.82) is 0 Å². The van der Waals surface area contributed by atoms with E-state index < -0.39 is 0 Å². The van der Waals surface area contributed by atoms with Crippen molar-refractivity contribution in [2.75, 3.05) is 0 Å². The van der Waals surface area contributed by atoms with E-state index in [9.17, 15) is 0 Å². The number of thiophene rings is 1. The molecule has 144 valence electrons. The molecular formula is C23H15AsFN4S+. The van der Waals surface area contributed by atoms with Gasteiger partial charge in [-0.3, -0.25) is 0 Å². The fourth-order valence-corrected chi connectivity index (χ4v) is 5.48. The number of amidine groups is 1. The van der Waals surface area contributed by atoms with Crippen LogP contribution in [0.5, 0.6) is 0 Å². The maximum atomic E-state index is 15.8. The summed E-state index contributed by atoms with van der Waals surface area (Å²) < 4.78 is 16.2. The van der Waals surface area contributed by atoms with E-state index in [1.54, 1.807) is 17.5 Å². The first-order valence-electron chi connectivity index (χ1n) is 9.40. The van der Waals surface area contributed by atoms with Gasteiger partial charge in [0.2, 0.25) is 0 Å². The molecule has 0 saturated heterocycles. The molecule has 7 heteroatoms. The van der Waals surface area contributed by atoms with E-state index in [4.69, 9.17) is 4.99 Å². The average Bonchev–Trinajstić information content (AvgIpc) is 3.34. The Kier molecular flexibility index (Phi) is 3.90. The average molecular weight is 473 g/mol. The predicted octanol–water partition coefficient (Wildman–Crippen LogP) is 4.49. The number of aromatic nitrogens is 1. The summed E-state index contributed by atoms with van der Waals surface area (Å²) in [5.41, 5.74) is 4.47. The van der Waals surface area contributed by atoms with Gasteiger partial charge >= 0.3 is 185 Å². The number of allylic oxidation sites excluding steroid dienone is 4. The zero-order valence-corrected chi connectivity index (χ0v) is 18.9. The Bertz CT molecular complexity index is 1410. The molecule has 0 bridgehead atoms. The van der Waals surface area contributed by atoms with Gasteiger partial charge in [0.1, 0.15) is 0 Å². The monoisotopic (exact) mass is 473 g/mol. The summed E-state index contributed by atoms with van der Waals surface area (Å²) in [5, 5.41) is 2.77. The zero-order chi connectivity index (χ0) is 20.3. The van der Waals surface area contributed by atoms with Gasteiger partial charge in [-0.25, -0.2) is 0 Å². The van der Waals surface area contributed by atoms with E-state index in [1.165, 1.54) is 17.1 Å². The summed E-state index contributed by atoms with van der Waals surface area (Å²) in [6.45, 7) is 0. The van der Waals surface area contributed by atoms with Gasteiger partial charge in [0.25, 0.3) is 0 Å². The fraction of sp³-hybridized carbons (Fsp3) is 0. The van der Waals surface area contributed by atoms with Crippen molar-refractivity contribution in [2.45, 2.75) is 0 Å². The molecule has 0 saturated carbocycles. The van der Waals surface area contributed by atoms with Crippen molar-refractivity contribution < 1.29 is 7.79 Å². The van der Waals surface area contributed by atoms with Crippen LogP contribution in [0.2, 0.25) is 0 Å². The van der Waals surface area contributed by atoms with Crippen molar-refractivity contribution in [3.8, 4) is 10.6 Å².